The molecule has 1 saturated heterocycles. The second kappa shape index (κ2) is 8.94. The number of hydrogen-bond acceptors (Lipinski definition) is 5. The van der Waals surface area contributed by atoms with E-state index in [0.29, 0.717) is 18.5 Å². The van der Waals surface area contributed by atoms with Crippen molar-refractivity contribution in [3.05, 3.63) is 54.9 Å². The minimum atomic E-state index is -3.54. The zero-order chi connectivity index (χ0) is 20.0. The molecular weight excluding hydrogens is 380 g/mol. The number of carbonyl (C=O) groups excluding carboxylic acids is 2. The van der Waals surface area contributed by atoms with Gasteiger partial charge in [0.05, 0.1) is 11.4 Å². The van der Waals surface area contributed by atoms with Gasteiger partial charge in [0, 0.05) is 37.1 Å². The Bertz CT molecular complexity index is 911. The lowest BCUT2D eigenvalue weighted by molar-refractivity contribution is -0.128. The van der Waals surface area contributed by atoms with E-state index in [1.54, 1.807) is 54.9 Å². The molecule has 0 atom stereocenters. The number of nitrogens with one attached hydrogen (secondary N) is 2. The van der Waals surface area contributed by atoms with Crippen molar-refractivity contribution in [2.24, 2.45) is 5.92 Å². The second-order valence-corrected chi connectivity index (χ2v) is 8.43. The minimum Gasteiger partial charge on any atom is -0.347 e. The molecule has 0 aliphatic carbocycles. The lowest BCUT2D eigenvalue weighted by atomic mass is 9.97. The predicted molar refractivity (Wildman–Crippen MR) is 104 cm³/mol. The maximum absolute atomic E-state index is 12.6. The molecule has 0 spiro atoms. The van der Waals surface area contributed by atoms with Crippen LogP contribution in [-0.4, -0.2) is 49.2 Å². The van der Waals surface area contributed by atoms with E-state index in [1.807, 2.05) is 0 Å². The van der Waals surface area contributed by atoms with E-state index in [-0.39, 0.29) is 42.3 Å². The standard InChI is InChI=1S/C19H22N4O4S/c24-18(22-16-6-10-20-11-7-16)14-21-19(25)15-8-12-23(13-9-15)28(26,27)17-4-2-1-3-5-17/h1-7,10-11,15H,8-9,12-14H2,(H,21,25)(H,20,22,24). The van der Waals surface area contributed by atoms with E-state index in [9.17, 15) is 18.0 Å². The molecule has 2 amide bonds. The van der Waals surface area contributed by atoms with Gasteiger partial charge in [-0.05, 0) is 37.1 Å². The molecule has 9 heteroatoms. The number of sulfonamides is 1. The minimum absolute atomic E-state index is 0.135. The van der Waals surface area contributed by atoms with Crippen molar-refractivity contribution in [2.45, 2.75) is 17.7 Å². The van der Waals surface area contributed by atoms with Crippen LogP contribution in [0.4, 0.5) is 5.69 Å². The van der Waals surface area contributed by atoms with Crippen LogP contribution in [0.25, 0.3) is 0 Å². The van der Waals surface area contributed by atoms with E-state index in [4.69, 9.17) is 0 Å². The van der Waals surface area contributed by atoms with Crippen LogP contribution in [0.15, 0.2) is 59.8 Å². The number of aromatic nitrogens is 1. The zero-order valence-electron chi connectivity index (χ0n) is 15.2. The molecule has 0 unspecified atom stereocenters. The maximum atomic E-state index is 12.6. The molecular formula is C19H22N4O4S. The molecule has 148 valence electrons. The highest BCUT2D eigenvalue weighted by Crippen LogP contribution is 2.23. The number of pyridine rings is 1. The summed E-state index contributed by atoms with van der Waals surface area (Å²) in [6.45, 7) is 0.417. The summed E-state index contributed by atoms with van der Waals surface area (Å²) in [6.07, 6.45) is 3.96. The van der Waals surface area contributed by atoms with Crippen molar-refractivity contribution in [3.8, 4) is 0 Å². The maximum Gasteiger partial charge on any atom is 0.243 e. The monoisotopic (exact) mass is 402 g/mol. The zero-order valence-corrected chi connectivity index (χ0v) is 16.1. The molecule has 2 N–H and O–H groups in total. The number of amides is 2. The molecule has 1 fully saturated rings. The third-order valence-electron chi connectivity index (χ3n) is 4.59. The Kier molecular flexibility index (Phi) is 6.37. The Morgan fingerprint density at radius 1 is 1.04 bits per heavy atom. The summed E-state index contributed by atoms with van der Waals surface area (Å²) >= 11 is 0. The number of piperidine rings is 1. The second-order valence-electron chi connectivity index (χ2n) is 6.49. The Balaban J connectivity index is 1.47. The van der Waals surface area contributed by atoms with Gasteiger partial charge in [0.15, 0.2) is 0 Å². The van der Waals surface area contributed by atoms with Crippen LogP contribution in [0.3, 0.4) is 0 Å². The normalized spacial score (nSPS) is 15.7. The van der Waals surface area contributed by atoms with E-state index < -0.39 is 10.0 Å². The number of nitrogens with zero attached hydrogens (tertiary/aromatic N) is 2. The lowest BCUT2D eigenvalue weighted by Gasteiger charge is -2.30. The molecule has 0 bridgehead atoms. The van der Waals surface area contributed by atoms with Crippen molar-refractivity contribution in [2.75, 3.05) is 25.0 Å². The fraction of sp³-hybridized carbons (Fsp3) is 0.316. The van der Waals surface area contributed by atoms with Crippen LogP contribution < -0.4 is 10.6 Å². The van der Waals surface area contributed by atoms with Gasteiger partial charge < -0.3 is 10.6 Å². The van der Waals surface area contributed by atoms with Gasteiger partial charge in [0.25, 0.3) is 0 Å². The lowest BCUT2D eigenvalue weighted by Crippen LogP contribution is -2.44. The molecule has 2 heterocycles. The summed E-state index contributed by atoms with van der Waals surface area (Å²) < 4.78 is 26.6. The molecule has 0 radical (unpaired) electrons. The number of rotatable bonds is 6. The molecule has 3 rings (SSSR count). The van der Waals surface area contributed by atoms with Crippen LogP contribution >= 0.6 is 0 Å². The average molecular weight is 402 g/mol. The Labute approximate surface area is 164 Å². The van der Waals surface area contributed by atoms with Crippen LogP contribution in [0.5, 0.6) is 0 Å². The van der Waals surface area contributed by atoms with Crippen molar-refractivity contribution >= 4 is 27.5 Å². The van der Waals surface area contributed by atoms with Gasteiger partial charge in [-0.15, -0.1) is 0 Å². The van der Waals surface area contributed by atoms with Crippen LogP contribution in [0.1, 0.15) is 12.8 Å². The highest BCUT2D eigenvalue weighted by molar-refractivity contribution is 7.89. The largest absolute Gasteiger partial charge is 0.347 e. The first-order valence-corrected chi connectivity index (χ1v) is 10.4. The number of benzene rings is 1. The van der Waals surface area contributed by atoms with Gasteiger partial charge in [0.1, 0.15) is 0 Å². The first kappa shape index (κ1) is 20.0. The van der Waals surface area contributed by atoms with Gasteiger partial charge in [-0.25, -0.2) is 8.42 Å². The Hall–Kier alpha value is -2.78. The molecule has 1 aliphatic heterocycles. The van der Waals surface area contributed by atoms with Gasteiger partial charge in [0.2, 0.25) is 21.8 Å². The predicted octanol–water partition coefficient (Wildman–Crippen LogP) is 1.24. The van der Waals surface area contributed by atoms with Crippen molar-refractivity contribution in [3.63, 3.8) is 0 Å². The topological polar surface area (TPSA) is 108 Å². The van der Waals surface area contributed by atoms with Crippen LogP contribution in [0, 0.1) is 5.92 Å². The third-order valence-corrected chi connectivity index (χ3v) is 6.51. The molecule has 1 aromatic heterocycles. The SMILES string of the molecule is O=C(CNC(=O)C1CCN(S(=O)(=O)c2ccccc2)CC1)Nc1ccncc1. The fourth-order valence-corrected chi connectivity index (χ4v) is 4.54. The Morgan fingerprint density at radius 3 is 2.32 bits per heavy atom. The summed E-state index contributed by atoms with van der Waals surface area (Å²) in [5.74, 6) is -0.874. The number of carbonyl (C=O) groups is 2. The molecule has 0 saturated carbocycles. The van der Waals surface area contributed by atoms with E-state index >= 15 is 0 Å². The van der Waals surface area contributed by atoms with E-state index in [2.05, 4.69) is 15.6 Å². The van der Waals surface area contributed by atoms with Crippen molar-refractivity contribution < 1.29 is 18.0 Å². The Morgan fingerprint density at radius 2 is 1.68 bits per heavy atom. The smallest absolute Gasteiger partial charge is 0.243 e. The first-order chi connectivity index (χ1) is 13.5. The number of hydrogen-bond donors (Lipinski definition) is 2. The van der Waals surface area contributed by atoms with Crippen LogP contribution in [-0.2, 0) is 19.6 Å². The van der Waals surface area contributed by atoms with Crippen LogP contribution in [0.2, 0.25) is 0 Å². The van der Waals surface area contributed by atoms with E-state index in [0.717, 1.165) is 0 Å². The summed E-state index contributed by atoms with van der Waals surface area (Å²) in [6, 6.07) is 11.6. The van der Waals surface area contributed by atoms with Gasteiger partial charge in [-0.1, -0.05) is 18.2 Å². The highest BCUT2D eigenvalue weighted by Gasteiger charge is 2.32. The van der Waals surface area contributed by atoms with Gasteiger partial charge in [-0.3, -0.25) is 14.6 Å². The van der Waals surface area contributed by atoms with E-state index in [1.165, 1.54) is 4.31 Å². The molecule has 1 aromatic carbocycles. The molecule has 28 heavy (non-hydrogen) atoms. The summed E-state index contributed by atoms with van der Waals surface area (Å²) in [5, 5.41) is 5.29. The summed E-state index contributed by atoms with van der Waals surface area (Å²) in [7, 11) is -3.54. The molecule has 8 nitrogen and oxygen atoms in total. The quantitative estimate of drug-likeness (QED) is 0.756. The number of anilines is 1. The van der Waals surface area contributed by atoms with Crippen molar-refractivity contribution in [1.82, 2.24) is 14.6 Å². The average Bonchev–Trinajstić information content (AvgIpc) is 2.73. The fourth-order valence-electron chi connectivity index (χ4n) is 3.05. The van der Waals surface area contributed by atoms with Crippen molar-refractivity contribution in [1.29, 1.82) is 0 Å². The summed E-state index contributed by atoms with van der Waals surface area (Å²) in [5.41, 5.74) is 0.605. The molecule has 1 aliphatic rings. The van der Waals surface area contributed by atoms with Gasteiger partial charge >= 0.3 is 0 Å². The summed E-state index contributed by atoms with van der Waals surface area (Å²) in [4.78, 5) is 28.3. The molecule has 2 aromatic rings. The highest BCUT2D eigenvalue weighted by atomic mass is 32.2. The third kappa shape index (κ3) is 4.93. The first-order valence-electron chi connectivity index (χ1n) is 8.99. The van der Waals surface area contributed by atoms with Gasteiger partial charge in [-0.2, -0.15) is 4.31 Å².